The van der Waals surface area contributed by atoms with Gasteiger partial charge in [0.2, 0.25) is 0 Å². The molecule has 1 aromatic rings. The van der Waals surface area contributed by atoms with Gasteiger partial charge in [-0.25, -0.2) is 4.79 Å². The van der Waals surface area contributed by atoms with E-state index in [2.05, 4.69) is 6.58 Å². The minimum absolute atomic E-state index is 0.0953. The van der Waals surface area contributed by atoms with Gasteiger partial charge in [-0.2, -0.15) is 0 Å². The predicted molar refractivity (Wildman–Crippen MR) is 66.9 cm³/mol. The van der Waals surface area contributed by atoms with Gasteiger partial charge in [0.05, 0.1) is 6.61 Å². The van der Waals surface area contributed by atoms with Crippen molar-refractivity contribution in [3.05, 3.63) is 36.4 Å². The number of nitrogen functional groups attached to an aromatic ring is 1. The third-order valence-corrected chi connectivity index (χ3v) is 2.10. The first-order valence-corrected chi connectivity index (χ1v) is 5.45. The molecule has 17 heavy (non-hydrogen) atoms. The maximum atomic E-state index is 11.2. The summed E-state index contributed by atoms with van der Waals surface area (Å²) in [4.78, 5) is 11.2. The number of carbonyl (C=O) groups excluding carboxylic acids is 1. The molecule has 92 valence electrons. The van der Waals surface area contributed by atoms with E-state index >= 15 is 0 Å². The zero-order valence-electron chi connectivity index (χ0n) is 9.94. The average molecular weight is 235 g/mol. The second kappa shape index (κ2) is 6.58. The Morgan fingerprint density at radius 2 is 2.29 bits per heavy atom. The molecule has 0 aliphatic rings. The summed E-state index contributed by atoms with van der Waals surface area (Å²) < 4.78 is 10.2. The van der Waals surface area contributed by atoms with Crippen molar-refractivity contribution in [3.8, 4) is 5.75 Å². The van der Waals surface area contributed by atoms with Gasteiger partial charge in [0.15, 0.2) is 6.61 Å². The van der Waals surface area contributed by atoms with Crippen LogP contribution in [0, 0.1) is 0 Å². The Kier molecular flexibility index (Phi) is 5.07. The molecule has 0 aromatic heterocycles. The van der Waals surface area contributed by atoms with Crippen LogP contribution in [0.1, 0.15) is 12.5 Å². The number of nitrogens with two attached hydrogens (primary N) is 1. The van der Waals surface area contributed by atoms with Gasteiger partial charge in [0, 0.05) is 5.69 Å². The Hall–Kier alpha value is -1.97. The second-order valence-electron chi connectivity index (χ2n) is 3.45. The van der Waals surface area contributed by atoms with Crippen LogP contribution in [0.3, 0.4) is 0 Å². The Morgan fingerprint density at radius 1 is 1.53 bits per heavy atom. The number of benzene rings is 1. The summed E-state index contributed by atoms with van der Waals surface area (Å²) in [6.07, 6.45) is 2.40. The molecule has 0 fully saturated rings. The van der Waals surface area contributed by atoms with Crippen LogP contribution in [0.25, 0.3) is 0 Å². The van der Waals surface area contributed by atoms with E-state index < -0.39 is 0 Å². The standard InChI is InChI=1S/C13H17NO3/c1-3-5-10-8-11(14)6-7-12(10)17-9-13(15)16-4-2/h3,6-8H,1,4-5,9,14H2,2H3. The Bertz CT molecular complexity index is 402. The lowest BCUT2D eigenvalue weighted by molar-refractivity contribution is -0.145. The number of rotatable bonds is 6. The summed E-state index contributed by atoms with van der Waals surface area (Å²) >= 11 is 0. The van der Waals surface area contributed by atoms with Gasteiger partial charge in [-0.3, -0.25) is 0 Å². The molecule has 0 saturated carbocycles. The third-order valence-electron chi connectivity index (χ3n) is 2.10. The summed E-state index contributed by atoms with van der Waals surface area (Å²) in [6, 6.07) is 5.28. The van der Waals surface area contributed by atoms with Crippen LogP contribution in [0.4, 0.5) is 5.69 Å². The Labute approximate surface area is 101 Å². The Balaban J connectivity index is 2.69. The van der Waals surface area contributed by atoms with Crippen molar-refractivity contribution in [1.29, 1.82) is 0 Å². The maximum Gasteiger partial charge on any atom is 0.344 e. The number of esters is 1. The highest BCUT2D eigenvalue weighted by molar-refractivity contribution is 5.71. The minimum Gasteiger partial charge on any atom is -0.482 e. The van der Waals surface area contributed by atoms with Gasteiger partial charge in [0.25, 0.3) is 0 Å². The topological polar surface area (TPSA) is 61.5 Å². The summed E-state index contributed by atoms with van der Waals surface area (Å²) in [7, 11) is 0. The molecule has 0 radical (unpaired) electrons. The lowest BCUT2D eigenvalue weighted by Crippen LogP contribution is -2.15. The van der Waals surface area contributed by atoms with E-state index in [-0.39, 0.29) is 12.6 Å². The molecule has 0 aliphatic carbocycles. The van der Waals surface area contributed by atoms with Crippen molar-refractivity contribution in [1.82, 2.24) is 0 Å². The normalized spacial score (nSPS) is 9.71. The number of allylic oxidation sites excluding steroid dienone is 1. The highest BCUT2D eigenvalue weighted by Gasteiger charge is 2.07. The van der Waals surface area contributed by atoms with Crippen molar-refractivity contribution in [3.63, 3.8) is 0 Å². The first kappa shape index (κ1) is 13.1. The molecule has 0 amide bonds. The van der Waals surface area contributed by atoms with Gasteiger partial charge in [-0.1, -0.05) is 6.08 Å². The van der Waals surface area contributed by atoms with Gasteiger partial charge in [0.1, 0.15) is 5.75 Å². The third kappa shape index (κ3) is 4.18. The summed E-state index contributed by atoms with van der Waals surface area (Å²) in [5, 5.41) is 0. The number of anilines is 1. The van der Waals surface area contributed by atoms with Crippen LogP contribution in [0.2, 0.25) is 0 Å². The fourth-order valence-corrected chi connectivity index (χ4v) is 1.39. The Morgan fingerprint density at radius 3 is 2.94 bits per heavy atom. The first-order valence-electron chi connectivity index (χ1n) is 5.45. The van der Waals surface area contributed by atoms with Crippen molar-refractivity contribution >= 4 is 11.7 Å². The van der Waals surface area contributed by atoms with Crippen LogP contribution < -0.4 is 10.5 Å². The summed E-state index contributed by atoms with van der Waals surface area (Å²) in [5.74, 6) is 0.251. The quantitative estimate of drug-likeness (QED) is 0.465. The number of carbonyl (C=O) groups is 1. The summed E-state index contributed by atoms with van der Waals surface area (Å²) in [6.45, 7) is 5.67. The van der Waals surface area contributed by atoms with E-state index in [0.717, 1.165) is 5.56 Å². The maximum absolute atomic E-state index is 11.2. The van der Waals surface area contributed by atoms with E-state index in [1.165, 1.54) is 0 Å². The lowest BCUT2D eigenvalue weighted by atomic mass is 10.1. The van der Waals surface area contributed by atoms with Crippen molar-refractivity contribution in [2.75, 3.05) is 18.9 Å². The molecule has 1 aromatic carbocycles. The molecule has 0 unspecified atom stereocenters. The summed E-state index contributed by atoms with van der Waals surface area (Å²) in [5.41, 5.74) is 7.24. The highest BCUT2D eigenvalue weighted by atomic mass is 16.6. The van der Waals surface area contributed by atoms with Crippen molar-refractivity contribution < 1.29 is 14.3 Å². The van der Waals surface area contributed by atoms with Gasteiger partial charge in [-0.15, -0.1) is 6.58 Å². The van der Waals surface area contributed by atoms with E-state index in [0.29, 0.717) is 24.5 Å². The zero-order valence-corrected chi connectivity index (χ0v) is 9.94. The van der Waals surface area contributed by atoms with E-state index in [9.17, 15) is 4.79 Å². The smallest absolute Gasteiger partial charge is 0.344 e. The van der Waals surface area contributed by atoms with Crippen LogP contribution in [0.5, 0.6) is 5.75 Å². The van der Waals surface area contributed by atoms with Gasteiger partial charge in [-0.05, 0) is 37.1 Å². The fourth-order valence-electron chi connectivity index (χ4n) is 1.39. The van der Waals surface area contributed by atoms with E-state index in [1.807, 2.05) is 6.07 Å². The molecular formula is C13H17NO3. The van der Waals surface area contributed by atoms with E-state index in [1.54, 1.807) is 25.1 Å². The number of hydrogen-bond acceptors (Lipinski definition) is 4. The second-order valence-corrected chi connectivity index (χ2v) is 3.45. The molecular weight excluding hydrogens is 218 g/mol. The predicted octanol–water partition coefficient (Wildman–Crippen LogP) is 1.94. The molecule has 2 N–H and O–H groups in total. The highest BCUT2D eigenvalue weighted by Crippen LogP contribution is 2.22. The number of hydrogen-bond donors (Lipinski definition) is 1. The molecule has 1 rings (SSSR count). The molecule has 0 saturated heterocycles. The van der Waals surface area contributed by atoms with Crippen LogP contribution in [-0.2, 0) is 16.0 Å². The lowest BCUT2D eigenvalue weighted by Gasteiger charge is -2.10. The average Bonchev–Trinajstić information content (AvgIpc) is 2.29. The van der Waals surface area contributed by atoms with Crippen LogP contribution in [0.15, 0.2) is 30.9 Å². The largest absolute Gasteiger partial charge is 0.482 e. The SMILES string of the molecule is C=CCc1cc(N)ccc1OCC(=O)OCC. The minimum atomic E-state index is -0.381. The van der Waals surface area contributed by atoms with Crippen LogP contribution in [-0.4, -0.2) is 19.2 Å². The van der Waals surface area contributed by atoms with Crippen LogP contribution >= 0.6 is 0 Å². The molecule has 4 nitrogen and oxygen atoms in total. The molecule has 0 bridgehead atoms. The van der Waals surface area contributed by atoms with Crippen molar-refractivity contribution in [2.24, 2.45) is 0 Å². The number of ether oxygens (including phenoxy) is 2. The van der Waals surface area contributed by atoms with Gasteiger partial charge >= 0.3 is 5.97 Å². The van der Waals surface area contributed by atoms with E-state index in [4.69, 9.17) is 15.2 Å². The molecule has 0 aliphatic heterocycles. The van der Waals surface area contributed by atoms with Gasteiger partial charge < -0.3 is 15.2 Å². The molecule has 0 atom stereocenters. The van der Waals surface area contributed by atoms with Crippen molar-refractivity contribution in [2.45, 2.75) is 13.3 Å². The molecule has 4 heteroatoms. The molecule has 0 spiro atoms. The first-order chi connectivity index (χ1) is 8.17. The monoisotopic (exact) mass is 235 g/mol. The molecule has 0 heterocycles. The fraction of sp³-hybridized carbons (Fsp3) is 0.308. The zero-order chi connectivity index (χ0) is 12.7.